The minimum absolute atomic E-state index is 0.143. The minimum atomic E-state index is -3.81. The van der Waals surface area contributed by atoms with Gasteiger partial charge < -0.3 is 5.32 Å². The highest BCUT2D eigenvalue weighted by Gasteiger charge is 2.22. The van der Waals surface area contributed by atoms with Crippen LogP contribution in [0.1, 0.15) is 41.6 Å². The van der Waals surface area contributed by atoms with E-state index in [0.717, 1.165) is 42.0 Å². The summed E-state index contributed by atoms with van der Waals surface area (Å²) in [6, 6.07) is 9.17. The van der Waals surface area contributed by atoms with Crippen LogP contribution in [0.5, 0.6) is 0 Å². The van der Waals surface area contributed by atoms with Gasteiger partial charge in [0.05, 0.1) is 18.5 Å². The van der Waals surface area contributed by atoms with E-state index in [-0.39, 0.29) is 18.1 Å². The maximum atomic E-state index is 14.1. The van der Waals surface area contributed by atoms with Crippen LogP contribution in [-0.4, -0.2) is 27.1 Å². The molecule has 5 nitrogen and oxygen atoms in total. The van der Waals surface area contributed by atoms with Gasteiger partial charge in [0.2, 0.25) is 10.0 Å². The molecule has 0 aliphatic heterocycles. The van der Waals surface area contributed by atoms with E-state index in [2.05, 4.69) is 11.4 Å². The predicted octanol–water partition coefficient (Wildman–Crippen LogP) is 4.16. The van der Waals surface area contributed by atoms with Gasteiger partial charge in [-0.2, -0.15) is 0 Å². The highest BCUT2D eigenvalue weighted by Crippen LogP contribution is 2.25. The molecule has 0 saturated heterocycles. The van der Waals surface area contributed by atoms with Crippen molar-refractivity contribution in [3.05, 3.63) is 76.9 Å². The summed E-state index contributed by atoms with van der Waals surface area (Å²) >= 11 is 0. The molecule has 160 valence electrons. The van der Waals surface area contributed by atoms with Gasteiger partial charge in [-0.15, -0.1) is 0 Å². The number of rotatable bonds is 7. The Hall–Kier alpha value is -2.74. The molecule has 30 heavy (non-hydrogen) atoms. The fourth-order valence-electron chi connectivity index (χ4n) is 3.35. The quantitative estimate of drug-likeness (QED) is 0.666. The van der Waals surface area contributed by atoms with E-state index in [1.165, 1.54) is 12.0 Å². The molecule has 1 N–H and O–H groups in total. The van der Waals surface area contributed by atoms with Gasteiger partial charge in [0.25, 0.3) is 5.91 Å². The molecule has 0 radical (unpaired) electrons. The van der Waals surface area contributed by atoms with Gasteiger partial charge in [-0.05, 0) is 55.5 Å². The third-order valence-corrected chi connectivity index (χ3v) is 6.11. The Morgan fingerprint density at radius 2 is 1.83 bits per heavy atom. The zero-order valence-corrected chi connectivity index (χ0v) is 17.5. The summed E-state index contributed by atoms with van der Waals surface area (Å²) in [5, 5.41) is 2.89. The molecule has 8 heteroatoms. The molecule has 1 aliphatic carbocycles. The summed E-state index contributed by atoms with van der Waals surface area (Å²) in [4.78, 5) is 12.3. The van der Waals surface area contributed by atoms with Gasteiger partial charge in [-0.25, -0.2) is 17.2 Å². The number of carbonyl (C=O) groups is 1. The number of allylic oxidation sites excluding steroid dienone is 1. The van der Waals surface area contributed by atoms with Gasteiger partial charge >= 0.3 is 0 Å². The van der Waals surface area contributed by atoms with Crippen LogP contribution < -0.4 is 9.62 Å². The average Bonchev–Trinajstić information content (AvgIpc) is 2.71. The first-order valence-electron chi connectivity index (χ1n) is 9.72. The number of nitrogens with one attached hydrogen (secondary N) is 1. The summed E-state index contributed by atoms with van der Waals surface area (Å²) in [5.74, 6) is -1.96. The lowest BCUT2D eigenvalue weighted by Gasteiger charge is -2.23. The molecule has 0 spiro atoms. The summed E-state index contributed by atoms with van der Waals surface area (Å²) in [7, 11) is -3.81. The highest BCUT2D eigenvalue weighted by molar-refractivity contribution is 7.92. The van der Waals surface area contributed by atoms with E-state index < -0.39 is 21.7 Å². The van der Waals surface area contributed by atoms with Crippen molar-refractivity contribution >= 4 is 21.6 Å². The summed E-state index contributed by atoms with van der Waals surface area (Å²) in [5.41, 5.74) is 2.02. The molecule has 2 aromatic rings. The predicted molar refractivity (Wildman–Crippen MR) is 113 cm³/mol. The smallest absolute Gasteiger partial charge is 0.251 e. The lowest BCUT2D eigenvalue weighted by atomic mass is 9.99. The van der Waals surface area contributed by atoms with E-state index in [4.69, 9.17) is 0 Å². The Morgan fingerprint density at radius 1 is 1.10 bits per heavy atom. The van der Waals surface area contributed by atoms with Gasteiger partial charge in [0.1, 0.15) is 11.6 Å². The van der Waals surface area contributed by atoms with Gasteiger partial charge in [-0.1, -0.05) is 23.8 Å². The number of hydrogen-bond donors (Lipinski definition) is 1. The highest BCUT2D eigenvalue weighted by atomic mass is 32.2. The fraction of sp³-hybridized carbons (Fsp3) is 0.318. The third-order valence-electron chi connectivity index (χ3n) is 4.98. The monoisotopic (exact) mass is 434 g/mol. The maximum Gasteiger partial charge on any atom is 0.251 e. The number of benzene rings is 2. The van der Waals surface area contributed by atoms with Crippen LogP contribution in [0.4, 0.5) is 14.5 Å². The molecule has 2 aromatic carbocycles. The SMILES string of the molecule is CS(=O)(=O)N(Cc1ccc(C(=O)NCC2=CCCCC2)cc1)c1ccc(F)cc1F. The zero-order valence-electron chi connectivity index (χ0n) is 16.7. The number of carbonyl (C=O) groups excluding carboxylic acids is 1. The van der Waals surface area contributed by atoms with E-state index in [9.17, 15) is 22.0 Å². The first-order chi connectivity index (χ1) is 14.2. The van der Waals surface area contributed by atoms with Crippen molar-refractivity contribution in [1.82, 2.24) is 5.32 Å². The Balaban J connectivity index is 1.71. The molecule has 0 aromatic heterocycles. The first kappa shape index (κ1) is 22.0. The topological polar surface area (TPSA) is 66.5 Å². The molecule has 0 heterocycles. The van der Waals surface area contributed by atoms with Gasteiger partial charge in [0, 0.05) is 18.2 Å². The summed E-state index contributed by atoms with van der Waals surface area (Å²) in [6.07, 6.45) is 7.50. The van der Waals surface area contributed by atoms with Crippen LogP contribution in [0.2, 0.25) is 0 Å². The molecule has 1 aliphatic rings. The van der Waals surface area contributed by atoms with E-state index in [1.807, 2.05) is 0 Å². The zero-order chi connectivity index (χ0) is 21.7. The number of sulfonamides is 1. The van der Waals surface area contributed by atoms with Crippen LogP contribution in [0.15, 0.2) is 54.1 Å². The Morgan fingerprint density at radius 3 is 2.43 bits per heavy atom. The first-order valence-corrected chi connectivity index (χ1v) is 11.6. The van der Waals surface area contributed by atoms with Crippen molar-refractivity contribution < 1.29 is 22.0 Å². The molecule has 1 amide bonds. The Kier molecular flexibility index (Phi) is 6.87. The van der Waals surface area contributed by atoms with Crippen molar-refractivity contribution in [2.24, 2.45) is 0 Å². The van der Waals surface area contributed by atoms with Gasteiger partial charge in [-0.3, -0.25) is 9.10 Å². The van der Waals surface area contributed by atoms with Crippen molar-refractivity contribution in [3.8, 4) is 0 Å². The normalized spacial score (nSPS) is 14.2. The largest absolute Gasteiger partial charge is 0.348 e. The Bertz CT molecular complexity index is 1050. The lowest BCUT2D eigenvalue weighted by molar-refractivity contribution is 0.0956. The third kappa shape index (κ3) is 5.66. The number of anilines is 1. The molecule has 0 bridgehead atoms. The van der Waals surface area contributed by atoms with Crippen molar-refractivity contribution in [3.63, 3.8) is 0 Å². The molecule has 0 atom stereocenters. The van der Waals surface area contributed by atoms with Crippen molar-refractivity contribution in [1.29, 1.82) is 0 Å². The molecule has 0 saturated carbocycles. The minimum Gasteiger partial charge on any atom is -0.348 e. The van der Waals surface area contributed by atoms with Crippen molar-refractivity contribution in [2.45, 2.75) is 32.2 Å². The molecule has 0 fully saturated rings. The molecular weight excluding hydrogens is 410 g/mol. The number of hydrogen-bond acceptors (Lipinski definition) is 3. The molecule has 0 unspecified atom stereocenters. The maximum absolute atomic E-state index is 14.1. The van der Waals surface area contributed by atoms with Gasteiger partial charge in [0.15, 0.2) is 0 Å². The second kappa shape index (κ2) is 9.38. The number of amides is 1. The van der Waals surface area contributed by atoms with Crippen LogP contribution in [0.25, 0.3) is 0 Å². The van der Waals surface area contributed by atoms with Crippen LogP contribution in [-0.2, 0) is 16.6 Å². The van der Waals surface area contributed by atoms with Crippen LogP contribution in [0.3, 0.4) is 0 Å². The lowest BCUT2D eigenvalue weighted by Crippen LogP contribution is -2.30. The van der Waals surface area contributed by atoms with Crippen molar-refractivity contribution in [2.75, 3.05) is 17.1 Å². The second-order valence-corrected chi connectivity index (χ2v) is 9.26. The van der Waals surface area contributed by atoms with E-state index in [1.54, 1.807) is 24.3 Å². The molecular formula is C22H24F2N2O3S. The second-order valence-electron chi connectivity index (χ2n) is 7.35. The fourth-order valence-corrected chi connectivity index (χ4v) is 4.24. The number of halogens is 2. The molecule has 3 rings (SSSR count). The van der Waals surface area contributed by atoms with Crippen LogP contribution in [0, 0.1) is 11.6 Å². The summed E-state index contributed by atoms with van der Waals surface area (Å²) < 4.78 is 52.6. The number of nitrogens with zero attached hydrogens (tertiary/aromatic N) is 1. The van der Waals surface area contributed by atoms with E-state index in [0.29, 0.717) is 23.7 Å². The standard InChI is InChI=1S/C22H24F2N2O3S/c1-30(28,29)26(21-12-11-19(23)13-20(21)24)15-17-7-9-18(10-8-17)22(27)25-14-16-5-3-2-4-6-16/h5,7-13H,2-4,6,14-15H2,1H3,(H,25,27). The van der Waals surface area contributed by atoms with Crippen LogP contribution >= 0.6 is 0 Å². The van der Waals surface area contributed by atoms with E-state index >= 15 is 0 Å². The summed E-state index contributed by atoms with van der Waals surface area (Å²) in [6.45, 7) is 0.377. The average molecular weight is 435 g/mol. The Labute approximate surface area is 175 Å².